The third-order valence-corrected chi connectivity index (χ3v) is 9.67. The van der Waals surface area contributed by atoms with Crippen molar-refractivity contribution in [1.82, 2.24) is 4.98 Å². The third kappa shape index (κ3) is 4.09. The molecule has 2 nitrogen and oxygen atoms in total. The smallest absolute Gasteiger partial charge is 0.227 e. The van der Waals surface area contributed by atoms with Gasteiger partial charge < -0.3 is 4.42 Å². The first kappa shape index (κ1) is 26.0. The number of nitrogens with zero attached hydrogens (tertiary/aromatic N) is 1. The van der Waals surface area contributed by atoms with E-state index in [2.05, 4.69) is 133 Å². The van der Waals surface area contributed by atoms with Gasteiger partial charge in [-0.3, -0.25) is 0 Å². The zero-order valence-electron chi connectivity index (χ0n) is 25.4. The molecule has 10 rings (SSSR count). The third-order valence-electron chi connectivity index (χ3n) is 9.67. The quantitative estimate of drug-likeness (QED) is 0.189. The van der Waals surface area contributed by atoms with E-state index in [1.54, 1.807) is 0 Å². The normalized spacial score (nSPS) is 11.8. The number of hydrogen-bond donors (Lipinski definition) is 0. The summed E-state index contributed by atoms with van der Waals surface area (Å²) in [4.78, 5) is 4.84. The number of rotatable bonds is 3. The standard InChI is InChI=1S/C45H27NO/c1-2-8-32(9-3-1)45-46-42-25-23-31-20-18-30-19-21-33(26-40(30)43(31)44(42)47-45)28-14-16-29(17-15-28)34-22-24-39-37-12-5-4-10-35(37)36-11-6-7-13-38(36)41(39)27-34/h1-27H. The lowest BCUT2D eigenvalue weighted by molar-refractivity contribution is 0.623. The molecule has 0 aliphatic heterocycles. The fourth-order valence-electron chi connectivity index (χ4n) is 7.35. The lowest BCUT2D eigenvalue weighted by Gasteiger charge is -2.12. The molecule has 218 valence electrons. The van der Waals surface area contributed by atoms with Crippen molar-refractivity contribution in [3.05, 3.63) is 164 Å². The number of hydrogen-bond acceptors (Lipinski definition) is 2. The summed E-state index contributed by atoms with van der Waals surface area (Å²) in [7, 11) is 0. The van der Waals surface area contributed by atoms with Crippen LogP contribution >= 0.6 is 0 Å². The monoisotopic (exact) mass is 597 g/mol. The lowest BCUT2D eigenvalue weighted by atomic mass is 9.91. The molecule has 9 aromatic carbocycles. The summed E-state index contributed by atoms with van der Waals surface area (Å²) >= 11 is 0. The Morgan fingerprint density at radius 3 is 1.51 bits per heavy atom. The SMILES string of the molecule is c1ccc(-c2nc3ccc4ccc5ccc(-c6ccc(-c7ccc8c9ccccc9c9ccccc9c8c7)cc6)cc5c4c3o2)cc1. The second kappa shape index (κ2) is 10.1. The van der Waals surface area contributed by atoms with Gasteiger partial charge in [0.2, 0.25) is 5.89 Å². The second-order valence-electron chi connectivity index (χ2n) is 12.3. The van der Waals surface area contributed by atoms with E-state index in [1.165, 1.54) is 65.3 Å². The Morgan fingerprint density at radius 2 is 0.830 bits per heavy atom. The molecule has 0 spiro atoms. The van der Waals surface area contributed by atoms with E-state index in [0.717, 1.165) is 27.4 Å². The van der Waals surface area contributed by atoms with Crippen LogP contribution in [0.5, 0.6) is 0 Å². The van der Waals surface area contributed by atoms with E-state index >= 15 is 0 Å². The number of oxazole rings is 1. The van der Waals surface area contributed by atoms with Gasteiger partial charge in [-0.05, 0) is 101 Å². The Kier molecular flexibility index (Phi) is 5.61. The summed E-state index contributed by atoms with van der Waals surface area (Å²) in [5, 5.41) is 12.4. The Balaban J connectivity index is 1.08. The van der Waals surface area contributed by atoms with E-state index in [0.29, 0.717) is 5.89 Å². The Labute approximate surface area is 271 Å². The molecule has 0 aliphatic carbocycles. The van der Waals surface area contributed by atoms with Crippen LogP contribution in [0.15, 0.2) is 168 Å². The molecule has 0 radical (unpaired) electrons. The van der Waals surface area contributed by atoms with Crippen LogP contribution in [0, 0.1) is 0 Å². The molecular formula is C45H27NO. The van der Waals surface area contributed by atoms with Crippen LogP contribution in [-0.4, -0.2) is 4.98 Å². The zero-order valence-corrected chi connectivity index (χ0v) is 25.4. The average Bonchev–Trinajstić information content (AvgIpc) is 3.60. The Hall–Kier alpha value is -6.25. The highest BCUT2D eigenvalue weighted by Crippen LogP contribution is 2.39. The fraction of sp³-hybridized carbons (Fsp3) is 0. The van der Waals surface area contributed by atoms with Crippen LogP contribution in [-0.2, 0) is 0 Å². The highest BCUT2D eigenvalue weighted by molar-refractivity contribution is 6.25. The van der Waals surface area contributed by atoms with E-state index in [1.807, 2.05) is 30.3 Å². The van der Waals surface area contributed by atoms with Crippen LogP contribution in [0.3, 0.4) is 0 Å². The van der Waals surface area contributed by atoms with Crippen molar-refractivity contribution in [1.29, 1.82) is 0 Å². The second-order valence-corrected chi connectivity index (χ2v) is 12.3. The van der Waals surface area contributed by atoms with Gasteiger partial charge in [0.25, 0.3) is 0 Å². The molecule has 0 saturated heterocycles. The number of aromatic nitrogens is 1. The minimum absolute atomic E-state index is 0.645. The maximum Gasteiger partial charge on any atom is 0.227 e. The van der Waals surface area contributed by atoms with E-state index in [4.69, 9.17) is 9.40 Å². The van der Waals surface area contributed by atoms with Gasteiger partial charge in [-0.1, -0.05) is 133 Å². The van der Waals surface area contributed by atoms with Crippen LogP contribution in [0.1, 0.15) is 0 Å². The molecule has 47 heavy (non-hydrogen) atoms. The van der Waals surface area contributed by atoms with Gasteiger partial charge in [-0.2, -0.15) is 0 Å². The predicted molar refractivity (Wildman–Crippen MR) is 198 cm³/mol. The van der Waals surface area contributed by atoms with Gasteiger partial charge in [-0.15, -0.1) is 0 Å². The van der Waals surface area contributed by atoms with Gasteiger partial charge in [0.05, 0.1) is 0 Å². The van der Waals surface area contributed by atoms with Gasteiger partial charge in [-0.25, -0.2) is 4.98 Å². The average molecular weight is 598 g/mol. The lowest BCUT2D eigenvalue weighted by Crippen LogP contribution is -1.86. The van der Waals surface area contributed by atoms with Gasteiger partial charge in [0.15, 0.2) is 5.58 Å². The van der Waals surface area contributed by atoms with Gasteiger partial charge in [0.1, 0.15) is 5.52 Å². The minimum Gasteiger partial charge on any atom is -0.435 e. The summed E-state index contributed by atoms with van der Waals surface area (Å²) in [6.45, 7) is 0. The Bertz CT molecular complexity index is 2790. The summed E-state index contributed by atoms with van der Waals surface area (Å²) in [5.74, 6) is 0.645. The minimum atomic E-state index is 0.645. The maximum absolute atomic E-state index is 6.46. The molecule has 0 amide bonds. The van der Waals surface area contributed by atoms with Crippen molar-refractivity contribution >= 4 is 65.0 Å². The van der Waals surface area contributed by atoms with Crippen molar-refractivity contribution in [2.75, 3.05) is 0 Å². The molecule has 0 atom stereocenters. The number of fused-ring (bicyclic) bond motifs is 11. The van der Waals surface area contributed by atoms with Crippen molar-refractivity contribution in [3.8, 4) is 33.7 Å². The van der Waals surface area contributed by atoms with Crippen molar-refractivity contribution in [3.63, 3.8) is 0 Å². The largest absolute Gasteiger partial charge is 0.435 e. The molecular weight excluding hydrogens is 571 g/mol. The van der Waals surface area contributed by atoms with Crippen LogP contribution in [0.25, 0.3) is 98.7 Å². The predicted octanol–water partition coefficient (Wildman–Crippen LogP) is 12.6. The molecule has 2 heteroatoms. The summed E-state index contributed by atoms with van der Waals surface area (Å²) in [5.41, 5.74) is 7.45. The summed E-state index contributed by atoms with van der Waals surface area (Å²) in [6.07, 6.45) is 0. The molecule has 0 unspecified atom stereocenters. The fourth-order valence-corrected chi connectivity index (χ4v) is 7.35. The van der Waals surface area contributed by atoms with Gasteiger partial charge >= 0.3 is 0 Å². The van der Waals surface area contributed by atoms with E-state index in [9.17, 15) is 0 Å². The summed E-state index contributed by atoms with van der Waals surface area (Å²) < 4.78 is 6.46. The first-order chi connectivity index (χ1) is 23.3. The first-order valence-electron chi connectivity index (χ1n) is 16.0. The summed E-state index contributed by atoms with van der Waals surface area (Å²) in [6, 6.07) is 58.7. The molecule has 0 aliphatic rings. The molecule has 10 aromatic rings. The van der Waals surface area contributed by atoms with Crippen LogP contribution < -0.4 is 0 Å². The van der Waals surface area contributed by atoms with Crippen molar-refractivity contribution < 1.29 is 4.42 Å². The molecule has 0 saturated carbocycles. The van der Waals surface area contributed by atoms with Crippen LogP contribution in [0.4, 0.5) is 0 Å². The molecule has 0 bridgehead atoms. The topological polar surface area (TPSA) is 26.0 Å². The molecule has 0 N–H and O–H groups in total. The molecule has 1 heterocycles. The molecule has 0 fully saturated rings. The first-order valence-corrected chi connectivity index (χ1v) is 16.0. The number of benzene rings is 9. The van der Waals surface area contributed by atoms with Crippen molar-refractivity contribution in [2.24, 2.45) is 0 Å². The van der Waals surface area contributed by atoms with Crippen molar-refractivity contribution in [2.45, 2.75) is 0 Å². The van der Waals surface area contributed by atoms with Gasteiger partial charge in [0, 0.05) is 10.9 Å². The highest BCUT2D eigenvalue weighted by Gasteiger charge is 2.15. The maximum atomic E-state index is 6.46. The molecule has 1 aromatic heterocycles. The van der Waals surface area contributed by atoms with Crippen LogP contribution in [0.2, 0.25) is 0 Å². The highest BCUT2D eigenvalue weighted by atomic mass is 16.3. The van der Waals surface area contributed by atoms with E-state index < -0.39 is 0 Å². The van der Waals surface area contributed by atoms with E-state index in [-0.39, 0.29) is 0 Å². The Morgan fingerprint density at radius 1 is 0.340 bits per heavy atom. The zero-order chi connectivity index (χ0) is 30.9.